The quantitative estimate of drug-likeness (QED) is 0.392. The summed E-state index contributed by atoms with van der Waals surface area (Å²) in [5, 5.41) is 8.55. The molecule has 0 fully saturated rings. The molecule has 0 saturated carbocycles. The van der Waals surface area contributed by atoms with Crippen LogP contribution in [0.15, 0.2) is 84.0 Å². The van der Waals surface area contributed by atoms with Gasteiger partial charge in [-0.15, -0.1) is 0 Å². The molecular weight excluding hydrogens is 358 g/mol. The first-order valence-corrected chi connectivity index (χ1v) is 8.71. The molecule has 1 N–H and O–H groups in total. The SMILES string of the molecule is CC(/C=C/C=O)=C\c1ccc(F)cc1.CC(/C=C/CO)=C\c1ccc(F)cc1. The predicted molar refractivity (Wildman–Crippen MR) is 112 cm³/mol. The van der Waals surface area contributed by atoms with Crippen molar-refractivity contribution in [1.82, 2.24) is 0 Å². The van der Waals surface area contributed by atoms with E-state index in [1.54, 1.807) is 36.4 Å². The Kier molecular flexibility index (Phi) is 10.7. The van der Waals surface area contributed by atoms with Gasteiger partial charge in [0.1, 0.15) is 17.9 Å². The van der Waals surface area contributed by atoms with Gasteiger partial charge in [-0.3, -0.25) is 4.79 Å². The van der Waals surface area contributed by atoms with Gasteiger partial charge in [-0.2, -0.15) is 0 Å². The van der Waals surface area contributed by atoms with Crippen LogP contribution in [0, 0.1) is 11.6 Å². The summed E-state index contributed by atoms with van der Waals surface area (Å²) in [5.41, 5.74) is 3.83. The minimum Gasteiger partial charge on any atom is -0.392 e. The summed E-state index contributed by atoms with van der Waals surface area (Å²) in [6, 6.07) is 12.5. The maximum atomic E-state index is 12.6. The third-order valence-corrected chi connectivity index (χ3v) is 3.45. The van der Waals surface area contributed by atoms with E-state index in [9.17, 15) is 13.6 Å². The molecule has 0 aromatic heterocycles. The summed E-state index contributed by atoms with van der Waals surface area (Å²) < 4.78 is 25.1. The van der Waals surface area contributed by atoms with Crippen LogP contribution in [0.2, 0.25) is 0 Å². The third-order valence-electron chi connectivity index (χ3n) is 3.45. The summed E-state index contributed by atoms with van der Waals surface area (Å²) in [5.74, 6) is -0.478. The van der Waals surface area contributed by atoms with Crippen LogP contribution >= 0.6 is 0 Å². The molecule has 0 aliphatic rings. The Morgan fingerprint density at radius 2 is 1.25 bits per heavy atom. The lowest BCUT2D eigenvalue weighted by Gasteiger charge is -1.95. The van der Waals surface area contributed by atoms with Crippen molar-refractivity contribution in [3.05, 3.63) is 107 Å². The number of hydrogen-bond acceptors (Lipinski definition) is 2. The van der Waals surface area contributed by atoms with Crippen molar-refractivity contribution >= 4 is 18.4 Å². The van der Waals surface area contributed by atoms with Gasteiger partial charge in [0.05, 0.1) is 6.61 Å². The molecule has 2 nitrogen and oxygen atoms in total. The number of benzene rings is 2. The molecule has 28 heavy (non-hydrogen) atoms. The van der Waals surface area contributed by atoms with E-state index in [-0.39, 0.29) is 18.2 Å². The standard InChI is InChI=1S/C12H13FO.C12H11FO/c2*1-10(3-2-8-14)9-11-4-6-12(13)7-5-11/h2-7,9,14H,8H2,1H3;2-9H,1H3/b2*3-2+,10-9+. The van der Waals surface area contributed by atoms with Crippen molar-refractivity contribution in [3.63, 3.8) is 0 Å². The first-order valence-electron chi connectivity index (χ1n) is 8.71. The molecule has 0 amide bonds. The molecule has 0 aliphatic carbocycles. The monoisotopic (exact) mass is 382 g/mol. The van der Waals surface area contributed by atoms with Crippen molar-refractivity contribution in [2.75, 3.05) is 6.61 Å². The van der Waals surface area contributed by atoms with Gasteiger partial charge in [-0.1, -0.05) is 65.8 Å². The zero-order valence-electron chi connectivity index (χ0n) is 16.0. The molecule has 0 radical (unpaired) electrons. The van der Waals surface area contributed by atoms with E-state index in [4.69, 9.17) is 5.11 Å². The van der Waals surface area contributed by atoms with Gasteiger partial charge in [0, 0.05) is 0 Å². The fourth-order valence-corrected chi connectivity index (χ4v) is 2.17. The number of aldehydes is 1. The highest BCUT2D eigenvalue weighted by Gasteiger charge is 1.91. The van der Waals surface area contributed by atoms with Crippen molar-refractivity contribution in [1.29, 1.82) is 0 Å². The van der Waals surface area contributed by atoms with Crippen molar-refractivity contribution in [2.24, 2.45) is 0 Å². The minimum atomic E-state index is -0.247. The van der Waals surface area contributed by atoms with Crippen LogP contribution in [-0.4, -0.2) is 18.0 Å². The molecule has 2 aromatic carbocycles. The smallest absolute Gasteiger partial charge is 0.142 e. The number of halogens is 2. The largest absolute Gasteiger partial charge is 0.392 e. The molecule has 4 heteroatoms. The zero-order chi connectivity index (χ0) is 20.8. The molecule has 0 aliphatic heterocycles. The molecule has 0 atom stereocenters. The number of aliphatic hydroxyl groups is 1. The number of aliphatic hydroxyl groups excluding tert-OH is 1. The highest BCUT2D eigenvalue weighted by atomic mass is 19.1. The molecule has 0 spiro atoms. The van der Waals surface area contributed by atoms with Crippen LogP contribution in [0.1, 0.15) is 25.0 Å². The lowest BCUT2D eigenvalue weighted by molar-refractivity contribution is -0.104. The van der Waals surface area contributed by atoms with E-state index in [2.05, 4.69) is 0 Å². The Bertz CT molecular complexity index is 843. The van der Waals surface area contributed by atoms with Gasteiger partial charge in [-0.05, 0) is 55.3 Å². The van der Waals surface area contributed by atoms with Crippen molar-refractivity contribution in [3.8, 4) is 0 Å². The summed E-state index contributed by atoms with van der Waals surface area (Å²) in [4.78, 5) is 10.0. The molecular formula is C24H24F2O2. The van der Waals surface area contributed by atoms with Gasteiger partial charge < -0.3 is 5.11 Å². The second-order valence-electron chi connectivity index (χ2n) is 5.96. The predicted octanol–water partition coefficient (Wildman–Crippen LogP) is 5.76. The lowest BCUT2D eigenvalue weighted by atomic mass is 10.1. The number of rotatable bonds is 6. The molecule has 0 saturated heterocycles. The van der Waals surface area contributed by atoms with Crippen molar-refractivity contribution in [2.45, 2.75) is 13.8 Å². The number of carbonyl (C=O) groups is 1. The average molecular weight is 382 g/mol. The van der Waals surface area contributed by atoms with E-state index in [0.717, 1.165) is 28.6 Å². The summed E-state index contributed by atoms with van der Waals surface area (Å²) in [6.45, 7) is 3.84. The van der Waals surface area contributed by atoms with Crippen LogP contribution < -0.4 is 0 Å². The van der Waals surface area contributed by atoms with Crippen LogP contribution in [0.4, 0.5) is 8.78 Å². The fourth-order valence-electron chi connectivity index (χ4n) is 2.17. The van der Waals surface area contributed by atoms with Crippen molar-refractivity contribution < 1.29 is 18.7 Å². The van der Waals surface area contributed by atoms with Gasteiger partial charge in [0.25, 0.3) is 0 Å². The van der Waals surface area contributed by atoms with Crippen LogP contribution in [0.3, 0.4) is 0 Å². The Morgan fingerprint density at radius 3 is 1.64 bits per heavy atom. The van der Waals surface area contributed by atoms with E-state index in [0.29, 0.717) is 0 Å². The normalized spacial score (nSPS) is 12.2. The van der Waals surface area contributed by atoms with Gasteiger partial charge in [0.2, 0.25) is 0 Å². The molecule has 146 valence electrons. The fraction of sp³-hybridized carbons (Fsp3) is 0.125. The van der Waals surface area contributed by atoms with Crippen LogP contribution in [0.5, 0.6) is 0 Å². The lowest BCUT2D eigenvalue weighted by Crippen LogP contribution is -1.77. The van der Waals surface area contributed by atoms with Crippen LogP contribution in [-0.2, 0) is 4.79 Å². The maximum Gasteiger partial charge on any atom is 0.142 e. The molecule has 2 aromatic rings. The first-order chi connectivity index (χ1) is 13.4. The Morgan fingerprint density at radius 1 is 0.821 bits per heavy atom. The van der Waals surface area contributed by atoms with Gasteiger partial charge in [0.15, 0.2) is 0 Å². The highest BCUT2D eigenvalue weighted by molar-refractivity contribution is 5.67. The third kappa shape index (κ3) is 10.1. The highest BCUT2D eigenvalue weighted by Crippen LogP contribution is 2.09. The van der Waals surface area contributed by atoms with E-state index in [1.165, 1.54) is 30.3 Å². The first kappa shape index (κ1) is 22.9. The minimum absolute atomic E-state index is 0.0363. The summed E-state index contributed by atoms with van der Waals surface area (Å²) in [6.07, 6.45) is 11.1. The summed E-state index contributed by atoms with van der Waals surface area (Å²) in [7, 11) is 0. The van der Waals surface area contributed by atoms with Gasteiger partial charge >= 0.3 is 0 Å². The Hall–Kier alpha value is -3.11. The number of allylic oxidation sites excluding steroid dienone is 5. The topological polar surface area (TPSA) is 37.3 Å². The molecule has 0 heterocycles. The molecule has 0 bridgehead atoms. The molecule has 0 unspecified atom stereocenters. The van der Waals surface area contributed by atoms with E-state index < -0.39 is 0 Å². The zero-order valence-corrected chi connectivity index (χ0v) is 16.0. The van der Waals surface area contributed by atoms with E-state index >= 15 is 0 Å². The van der Waals surface area contributed by atoms with Crippen LogP contribution in [0.25, 0.3) is 12.2 Å². The maximum absolute atomic E-state index is 12.6. The van der Waals surface area contributed by atoms with E-state index in [1.807, 2.05) is 32.1 Å². The number of hydrogen-bond donors (Lipinski definition) is 1. The molecule has 2 rings (SSSR count). The second-order valence-corrected chi connectivity index (χ2v) is 5.96. The van der Waals surface area contributed by atoms with Gasteiger partial charge in [-0.25, -0.2) is 8.78 Å². The Balaban J connectivity index is 0.000000280. The summed E-state index contributed by atoms with van der Waals surface area (Å²) >= 11 is 0. The number of carbonyl (C=O) groups excluding carboxylic acids is 1. The Labute approximate surface area is 164 Å². The average Bonchev–Trinajstić information content (AvgIpc) is 2.69. The second kappa shape index (κ2) is 13.1.